The average molecular weight is 396 g/mol. The maximum atomic E-state index is 12.0. The fourth-order valence-electron chi connectivity index (χ4n) is 3.88. The molecule has 0 bridgehead atoms. The van der Waals surface area contributed by atoms with Gasteiger partial charge in [0.2, 0.25) is 0 Å². The van der Waals surface area contributed by atoms with Crippen molar-refractivity contribution in [3.63, 3.8) is 0 Å². The van der Waals surface area contributed by atoms with E-state index in [4.69, 9.17) is 9.47 Å². The summed E-state index contributed by atoms with van der Waals surface area (Å²) in [7, 11) is 0. The first-order valence-electron chi connectivity index (χ1n) is 10.7. The predicted molar refractivity (Wildman–Crippen MR) is 116 cm³/mol. The quantitative estimate of drug-likeness (QED) is 0.625. The molecule has 2 aromatic rings. The van der Waals surface area contributed by atoms with Crippen molar-refractivity contribution in [3.05, 3.63) is 64.7 Å². The van der Waals surface area contributed by atoms with Crippen molar-refractivity contribution < 1.29 is 14.3 Å². The Labute approximate surface area is 174 Å². The van der Waals surface area contributed by atoms with E-state index in [1.54, 1.807) is 0 Å². The number of fused-ring (bicyclic) bond motifs is 1. The molecule has 0 N–H and O–H groups in total. The number of rotatable bonds is 7. The van der Waals surface area contributed by atoms with Gasteiger partial charge in [-0.25, -0.2) is 0 Å². The predicted octanol–water partition coefficient (Wildman–Crippen LogP) is 4.91. The van der Waals surface area contributed by atoms with E-state index in [1.807, 2.05) is 19.9 Å². The van der Waals surface area contributed by atoms with E-state index in [1.165, 1.54) is 22.3 Å². The third-order valence-corrected chi connectivity index (χ3v) is 5.62. The van der Waals surface area contributed by atoms with Crippen LogP contribution >= 0.6 is 0 Å². The molecule has 0 fully saturated rings. The van der Waals surface area contributed by atoms with Crippen LogP contribution in [-0.4, -0.2) is 30.1 Å². The molecule has 1 aliphatic heterocycles. The standard InChI is InChI=1S/C25H33NO3/c1-5-23-17-26(15-21-9-7-8-10-24(21)29-23)16-22-14-20(12-11-18(22)3)13-19(4)25(27)28-6-2/h7-12,14,19,23H,5-6,13,15-17H2,1-4H3. The molecule has 2 unspecified atom stereocenters. The molecular weight excluding hydrogens is 362 g/mol. The molecule has 3 rings (SSSR count). The molecule has 0 radical (unpaired) electrons. The second-order valence-corrected chi connectivity index (χ2v) is 8.04. The van der Waals surface area contributed by atoms with E-state index in [-0.39, 0.29) is 18.0 Å². The second kappa shape index (κ2) is 9.93. The number of nitrogens with zero attached hydrogens (tertiary/aromatic N) is 1. The highest BCUT2D eigenvalue weighted by Gasteiger charge is 2.22. The largest absolute Gasteiger partial charge is 0.489 e. The van der Waals surface area contributed by atoms with Crippen LogP contribution in [0.15, 0.2) is 42.5 Å². The Morgan fingerprint density at radius 2 is 2.03 bits per heavy atom. The normalized spacial score (nSPS) is 17.7. The number of ether oxygens (including phenoxy) is 2. The summed E-state index contributed by atoms with van der Waals surface area (Å²) in [5, 5.41) is 0. The van der Waals surface area contributed by atoms with Crippen molar-refractivity contribution in [2.75, 3.05) is 13.2 Å². The lowest BCUT2D eigenvalue weighted by Gasteiger charge is -2.24. The van der Waals surface area contributed by atoms with Gasteiger partial charge in [-0.2, -0.15) is 0 Å². The van der Waals surface area contributed by atoms with Crippen LogP contribution in [0.4, 0.5) is 0 Å². The first kappa shape index (κ1) is 21.4. The zero-order chi connectivity index (χ0) is 20.8. The first-order chi connectivity index (χ1) is 14.0. The number of hydrogen-bond donors (Lipinski definition) is 0. The molecule has 1 heterocycles. The molecule has 0 aliphatic carbocycles. The Bertz CT molecular complexity index is 833. The van der Waals surface area contributed by atoms with Crippen molar-refractivity contribution in [1.82, 2.24) is 4.90 Å². The summed E-state index contributed by atoms with van der Waals surface area (Å²) < 4.78 is 11.4. The zero-order valence-corrected chi connectivity index (χ0v) is 18.1. The molecular formula is C25H33NO3. The van der Waals surface area contributed by atoms with Gasteiger partial charge < -0.3 is 9.47 Å². The summed E-state index contributed by atoms with van der Waals surface area (Å²) in [5.41, 5.74) is 5.02. The van der Waals surface area contributed by atoms with Crippen LogP contribution in [0.5, 0.6) is 5.75 Å². The number of aryl methyl sites for hydroxylation is 1. The molecule has 0 saturated carbocycles. The van der Waals surface area contributed by atoms with E-state index in [9.17, 15) is 4.79 Å². The number of carbonyl (C=O) groups excluding carboxylic acids is 1. The van der Waals surface area contributed by atoms with Crippen molar-refractivity contribution in [1.29, 1.82) is 0 Å². The molecule has 0 aromatic heterocycles. The van der Waals surface area contributed by atoms with Gasteiger partial charge in [-0.1, -0.05) is 50.2 Å². The smallest absolute Gasteiger partial charge is 0.308 e. The summed E-state index contributed by atoms with van der Waals surface area (Å²) in [5.74, 6) is 0.755. The van der Waals surface area contributed by atoms with Gasteiger partial charge in [-0.15, -0.1) is 0 Å². The molecule has 2 aromatic carbocycles. The molecule has 29 heavy (non-hydrogen) atoms. The van der Waals surface area contributed by atoms with Gasteiger partial charge in [-0.3, -0.25) is 9.69 Å². The summed E-state index contributed by atoms with van der Waals surface area (Å²) >= 11 is 0. The lowest BCUT2D eigenvalue weighted by molar-refractivity contribution is -0.147. The summed E-state index contributed by atoms with van der Waals surface area (Å²) in [6.07, 6.45) is 1.89. The Morgan fingerprint density at radius 3 is 2.79 bits per heavy atom. The topological polar surface area (TPSA) is 38.8 Å². The summed E-state index contributed by atoms with van der Waals surface area (Å²) in [6, 6.07) is 14.9. The molecule has 4 nitrogen and oxygen atoms in total. The van der Waals surface area contributed by atoms with Crippen LogP contribution in [0.3, 0.4) is 0 Å². The van der Waals surface area contributed by atoms with Crippen LogP contribution in [0.2, 0.25) is 0 Å². The summed E-state index contributed by atoms with van der Waals surface area (Å²) in [6.45, 7) is 11.2. The van der Waals surface area contributed by atoms with Crippen molar-refractivity contribution in [3.8, 4) is 5.75 Å². The molecule has 1 aliphatic rings. The number of esters is 1. The average Bonchev–Trinajstić information content (AvgIpc) is 2.89. The van der Waals surface area contributed by atoms with Gasteiger partial charge in [0.1, 0.15) is 11.9 Å². The van der Waals surface area contributed by atoms with E-state index in [0.29, 0.717) is 13.0 Å². The third-order valence-electron chi connectivity index (χ3n) is 5.62. The van der Waals surface area contributed by atoms with Crippen LogP contribution in [0.25, 0.3) is 0 Å². The van der Waals surface area contributed by atoms with Crippen LogP contribution in [0, 0.1) is 12.8 Å². The monoisotopic (exact) mass is 395 g/mol. The van der Waals surface area contributed by atoms with Crippen molar-refractivity contribution in [2.45, 2.75) is 59.7 Å². The van der Waals surface area contributed by atoms with E-state index >= 15 is 0 Å². The van der Waals surface area contributed by atoms with Crippen molar-refractivity contribution >= 4 is 5.97 Å². The first-order valence-corrected chi connectivity index (χ1v) is 10.7. The van der Waals surface area contributed by atoms with Crippen LogP contribution < -0.4 is 4.74 Å². The maximum Gasteiger partial charge on any atom is 0.308 e. The highest BCUT2D eigenvalue weighted by Crippen LogP contribution is 2.27. The van der Waals surface area contributed by atoms with E-state index < -0.39 is 0 Å². The number of benzene rings is 2. The third kappa shape index (κ3) is 5.60. The van der Waals surface area contributed by atoms with Gasteiger partial charge in [0.15, 0.2) is 0 Å². The molecule has 0 saturated heterocycles. The van der Waals surface area contributed by atoms with Gasteiger partial charge in [0.05, 0.1) is 12.5 Å². The summed E-state index contributed by atoms with van der Waals surface area (Å²) in [4.78, 5) is 14.5. The number of para-hydroxylation sites is 1. The molecule has 2 atom stereocenters. The van der Waals surface area contributed by atoms with Crippen LogP contribution in [0.1, 0.15) is 49.4 Å². The SMILES string of the molecule is CCOC(=O)C(C)Cc1ccc(C)c(CN2Cc3ccccc3OC(CC)C2)c1. The number of hydrogen-bond acceptors (Lipinski definition) is 4. The Kier molecular flexibility index (Phi) is 7.32. The highest BCUT2D eigenvalue weighted by atomic mass is 16.5. The fourth-order valence-corrected chi connectivity index (χ4v) is 3.88. The molecule has 156 valence electrons. The minimum Gasteiger partial charge on any atom is -0.489 e. The van der Waals surface area contributed by atoms with E-state index in [2.05, 4.69) is 55.1 Å². The lowest BCUT2D eigenvalue weighted by Crippen LogP contribution is -2.32. The second-order valence-electron chi connectivity index (χ2n) is 8.04. The van der Waals surface area contributed by atoms with Gasteiger partial charge in [0, 0.05) is 25.2 Å². The minimum atomic E-state index is -0.131. The van der Waals surface area contributed by atoms with Gasteiger partial charge >= 0.3 is 5.97 Å². The molecule has 0 spiro atoms. The minimum absolute atomic E-state index is 0.123. The molecule has 0 amide bonds. The van der Waals surface area contributed by atoms with Crippen molar-refractivity contribution in [2.24, 2.45) is 5.92 Å². The lowest BCUT2D eigenvalue weighted by atomic mass is 9.97. The maximum absolute atomic E-state index is 12.0. The van der Waals surface area contributed by atoms with Gasteiger partial charge in [0.25, 0.3) is 0 Å². The Morgan fingerprint density at radius 1 is 1.24 bits per heavy atom. The number of carbonyl (C=O) groups is 1. The highest BCUT2D eigenvalue weighted by molar-refractivity contribution is 5.72. The van der Waals surface area contributed by atoms with Gasteiger partial charge in [-0.05, 0) is 49.4 Å². The fraction of sp³-hybridized carbons (Fsp3) is 0.480. The van der Waals surface area contributed by atoms with E-state index in [0.717, 1.165) is 31.8 Å². The Balaban J connectivity index is 1.76. The van der Waals surface area contributed by atoms with Crippen LogP contribution in [-0.2, 0) is 29.0 Å². The molecule has 4 heteroatoms. The zero-order valence-electron chi connectivity index (χ0n) is 18.1. The Hall–Kier alpha value is -2.33.